The van der Waals surface area contributed by atoms with E-state index in [-0.39, 0.29) is 11.1 Å². The smallest absolute Gasteiger partial charge is 0.0619 e. The minimum atomic E-state index is 0.0645. The molecule has 1 aromatic carbocycles. The molecular formula is C18H26N2. The molecule has 0 radical (unpaired) electrons. The van der Waals surface area contributed by atoms with Crippen molar-refractivity contribution in [3.8, 4) is 0 Å². The van der Waals surface area contributed by atoms with E-state index in [1.54, 1.807) is 0 Å². The van der Waals surface area contributed by atoms with Crippen molar-refractivity contribution in [1.29, 1.82) is 0 Å². The van der Waals surface area contributed by atoms with Crippen molar-refractivity contribution in [3.63, 3.8) is 0 Å². The summed E-state index contributed by atoms with van der Waals surface area (Å²) in [5.74, 6) is 1.14. The molecule has 0 amide bonds. The maximum absolute atomic E-state index is 4.97. The molecule has 0 spiro atoms. The Kier molecular flexibility index (Phi) is 2.87. The first-order valence-corrected chi connectivity index (χ1v) is 7.80. The van der Waals surface area contributed by atoms with Crippen LogP contribution in [0.4, 0.5) is 0 Å². The second-order valence-corrected chi connectivity index (χ2v) is 8.03. The Morgan fingerprint density at radius 1 is 0.800 bits per heavy atom. The van der Waals surface area contributed by atoms with Crippen LogP contribution in [0.2, 0.25) is 0 Å². The molecule has 0 saturated heterocycles. The third-order valence-corrected chi connectivity index (χ3v) is 4.70. The molecule has 0 aromatic heterocycles. The van der Waals surface area contributed by atoms with Gasteiger partial charge >= 0.3 is 0 Å². The van der Waals surface area contributed by atoms with E-state index < -0.39 is 0 Å². The molecule has 2 nitrogen and oxygen atoms in total. The third kappa shape index (κ3) is 2.30. The predicted molar refractivity (Wildman–Crippen MR) is 83.0 cm³/mol. The standard InChI is InChI=1S/C18H26N2/c1-11-9-17(3,4)19-15-8-14-12(2)10-18(5,6)20-16(14)7-13(11)15/h7-8,11-12H,9-10H2,1-6H3. The van der Waals surface area contributed by atoms with Crippen LogP contribution in [0.5, 0.6) is 0 Å². The lowest BCUT2D eigenvalue weighted by Crippen LogP contribution is -2.37. The third-order valence-electron chi connectivity index (χ3n) is 4.70. The van der Waals surface area contributed by atoms with E-state index >= 15 is 0 Å². The van der Waals surface area contributed by atoms with Crippen molar-refractivity contribution in [1.82, 2.24) is 0 Å². The van der Waals surface area contributed by atoms with Crippen LogP contribution < -0.4 is 10.7 Å². The average Bonchev–Trinajstić information content (AvgIpc) is 2.25. The fourth-order valence-corrected chi connectivity index (χ4v) is 4.05. The normalized spacial score (nSPS) is 29.7. The molecule has 0 bridgehead atoms. The van der Waals surface area contributed by atoms with Gasteiger partial charge in [0.2, 0.25) is 0 Å². The van der Waals surface area contributed by atoms with Gasteiger partial charge in [0.05, 0.1) is 21.8 Å². The Labute approximate surface area is 122 Å². The molecule has 2 unspecified atom stereocenters. The van der Waals surface area contributed by atoms with E-state index in [2.05, 4.69) is 53.7 Å². The van der Waals surface area contributed by atoms with Gasteiger partial charge < -0.3 is 0 Å². The van der Waals surface area contributed by atoms with Crippen LogP contribution in [0.1, 0.15) is 77.3 Å². The number of benzene rings is 1. The fourth-order valence-electron chi connectivity index (χ4n) is 4.05. The lowest BCUT2D eigenvalue weighted by atomic mass is 9.80. The maximum atomic E-state index is 4.97. The zero-order valence-corrected chi connectivity index (χ0v) is 13.6. The second-order valence-electron chi connectivity index (χ2n) is 8.03. The molecule has 0 saturated carbocycles. The molecular weight excluding hydrogens is 244 g/mol. The van der Waals surface area contributed by atoms with E-state index in [9.17, 15) is 0 Å². The van der Waals surface area contributed by atoms with Gasteiger partial charge in [-0.2, -0.15) is 0 Å². The second kappa shape index (κ2) is 4.16. The maximum Gasteiger partial charge on any atom is 0.0619 e. The van der Waals surface area contributed by atoms with Gasteiger partial charge in [-0.1, -0.05) is 13.8 Å². The van der Waals surface area contributed by atoms with Gasteiger partial charge in [-0.3, -0.25) is 9.98 Å². The summed E-state index contributed by atoms with van der Waals surface area (Å²) in [5.41, 5.74) is 2.90. The predicted octanol–water partition coefficient (Wildman–Crippen LogP) is 3.50. The van der Waals surface area contributed by atoms with Gasteiger partial charge in [0, 0.05) is 0 Å². The highest BCUT2D eigenvalue weighted by atomic mass is 14.9. The molecule has 20 heavy (non-hydrogen) atoms. The summed E-state index contributed by atoms with van der Waals surface area (Å²) in [6.07, 6.45) is 2.25. The van der Waals surface area contributed by atoms with Crippen LogP contribution in [-0.4, -0.2) is 11.1 Å². The van der Waals surface area contributed by atoms with Crippen molar-refractivity contribution in [2.75, 3.05) is 0 Å². The number of hydrogen-bond donors (Lipinski definition) is 0. The first-order chi connectivity index (χ1) is 9.17. The first-order valence-electron chi connectivity index (χ1n) is 7.80. The average molecular weight is 270 g/mol. The highest BCUT2D eigenvalue weighted by Gasteiger charge is 2.30. The Balaban J connectivity index is 2.29. The molecule has 2 aliphatic rings. The Morgan fingerprint density at radius 2 is 1.15 bits per heavy atom. The topological polar surface area (TPSA) is 24.7 Å². The lowest BCUT2D eigenvalue weighted by molar-refractivity contribution is 0.397. The van der Waals surface area contributed by atoms with Gasteiger partial charge in [-0.25, -0.2) is 0 Å². The fraction of sp³-hybridized carbons (Fsp3) is 0.667. The molecule has 1 aromatic rings. The van der Waals surface area contributed by atoms with Crippen LogP contribution in [0.3, 0.4) is 0 Å². The summed E-state index contributed by atoms with van der Waals surface area (Å²) >= 11 is 0. The Morgan fingerprint density at radius 3 is 1.50 bits per heavy atom. The Bertz CT molecular complexity index is 608. The van der Waals surface area contributed by atoms with Gasteiger partial charge in [-0.15, -0.1) is 0 Å². The summed E-state index contributed by atoms with van der Waals surface area (Å²) < 4.78 is 0. The lowest BCUT2D eigenvalue weighted by Gasteiger charge is -2.32. The summed E-state index contributed by atoms with van der Waals surface area (Å²) in [5, 5.41) is 2.41. The summed E-state index contributed by atoms with van der Waals surface area (Å²) in [7, 11) is 0. The van der Waals surface area contributed by atoms with E-state index in [0.717, 1.165) is 12.8 Å². The van der Waals surface area contributed by atoms with E-state index in [1.165, 1.54) is 21.8 Å². The minimum Gasteiger partial charge on any atom is -0.279 e. The molecule has 108 valence electrons. The number of nitrogens with zero attached hydrogens (tertiary/aromatic N) is 2. The molecule has 3 rings (SSSR count). The number of fused-ring (bicyclic) bond motifs is 2. The Hall–Kier alpha value is -1.18. The highest BCUT2D eigenvalue weighted by molar-refractivity contribution is 5.30. The van der Waals surface area contributed by atoms with Gasteiger partial charge in [0.25, 0.3) is 0 Å². The van der Waals surface area contributed by atoms with Crippen molar-refractivity contribution in [2.24, 2.45) is 9.98 Å². The van der Waals surface area contributed by atoms with E-state index in [4.69, 9.17) is 9.98 Å². The van der Waals surface area contributed by atoms with Crippen LogP contribution in [-0.2, 0) is 0 Å². The summed E-state index contributed by atoms with van der Waals surface area (Å²) in [6, 6.07) is 4.62. The van der Waals surface area contributed by atoms with Gasteiger partial charge in [-0.05, 0) is 75.6 Å². The van der Waals surface area contributed by atoms with E-state index in [1.807, 2.05) is 0 Å². The van der Waals surface area contributed by atoms with Crippen LogP contribution in [0, 0.1) is 0 Å². The molecule has 2 aliphatic heterocycles. The molecule has 0 N–H and O–H groups in total. The van der Waals surface area contributed by atoms with Crippen molar-refractivity contribution >= 4 is 0 Å². The number of hydrogen-bond acceptors (Lipinski definition) is 2. The van der Waals surface area contributed by atoms with Crippen LogP contribution in [0.15, 0.2) is 22.1 Å². The molecule has 0 fully saturated rings. The zero-order valence-electron chi connectivity index (χ0n) is 13.6. The molecule has 0 aliphatic carbocycles. The summed E-state index contributed by atoms with van der Waals surface area (Å²) in [6.45, 7) is 13.6. The molecule has 2 heteroatoms. The number of rotatable bonds is 0. The largest absolute Gasteiger partial charge is 0.279 e. The quantitative estimate of drug-likeness (QED) is 0.689. The monoisotopic (exact) mass is 270 g/mol. The van der Waals surface area contributed by atoms with Crippen LogP contribution >= 0.6 is 0 Å². The first kappa shape index (κ1) is 13.8. The van der Waals surface area contributed by atoms with Gasteiger partial charge in [0.15, 0.2) is 0 Å². The SMILES string of the molecule is CC1CC(C)(C)N=c2cc3c(cc21)=NC(C)(C)CC3C. The van der Waals surface area contributed by atoms with E-state index in [0.29, 0.717) is 11.8 Å². The summed E-state index contributed by atoms with van der Waals surface area (Å²) in [4.78, 5) is 9.93. The van der Waals surface area contributed by atoms with Crippen LogP contribution in [0.25, 0.3) is 0 Å². The van der Waals surface area contributed by atoms with Gasteiger partial charge in [0.1, 0.15) is 0 Å². The zero-order chi connectivity index (χ0) is 14.7. The van der Waals surface area contributed by atoms with Crippen molar-refractivity contribution in [2.45, 2.75) is 77.3 Å². The minimum absolute atomic E-state index is 0.0645. The van der Waals surface area contributed by atoms with Crippen molar-refractivity contribution < 1.29 is 0 Å². The highest BCUT2D eigenvalue weighted by Crippen LogP contribution is 2.32. The van der Waals surface area contributed by atoms with Crippen molar-refractivity contribution in [3.05, 3.63) is 34.0 Å². The molecule has 2 heterocycles. The molecule has 2 atom stereocenters.